The van der Waals surface area contributed by atoms with Gasteiger partial charge in [0, 0.05) is 55.0 Å². The van der Waals surface area contributed by atoms with Crippen LogP contribution in [-0.4, -0.2) is 9.13 Å². The van der Waals surface area contributed by atoms with Gasteiger partial charge in [-0.3, -0.25) is 0 Å². The Morgan fingerprint density at radius 3 is 1.64 bits per heavy atom. The lowest BCUT2D eigenvalue weighted by molar-refractivity contribution is -0.137. The summed E-state index contributed by atoms with van der Waals surface area (Å²) in [5, 5.41) is 43.8. The normalized spacial score (nSPS) is 11.1. The molecule has 9 aromatic carbocycles. The van der Waals surface area contributed by atoms with Gasteiger partial charge >= 0.3 is 6.18 Å². The average molecular weight is 970 g/mol. The summed E-state index contributed by atoms with van der Waals surface area (Å²) in [5.41, 5.74) is 7.85. The highest BCUT2D eigenvalue weighted by molar-refractivity contribution is 6.13. The Morgan fingerprint density at radius 2 is 1.04 bits per heavy atom. The van der Waals surface area contributed by atoms with Crippen LogP contribution in [0.4, 0.5) is 30.2 Å². The first-order valence-electron chi connectivity index (χ1n) is 23.1. The molecule has 2 heterocycles. The number of benzene rings is 9. The molecule has 12 heteroatoms. The van der Waals surface area contributed by atoms with Crippen LogP contribution < -0.4 is 0 Å². The number of fused-ring (bicyclic) bond motifs is 6. The smallest absolute Gasteiger partial charge is 0.309 e. The van der Waals surface area contributed by atoms with Crippen LogP contribution in [0.1, 0.15) is 33.4 Å². The van der Waals surface area contributed by atoms with Crippen molar-refractivity contribution in [1.29, 1.82) is 21.0 Å². The number of rotatable bonds is 6. The monoisotopic (exact) mass is 969 g/mol. The molecule has 0 bridgehead atoms. The maximum Gasteiger partial charge on any atom is 0.417 e. The number of nitrogens with zero attached hydrogens (tertiary/aromatic N) is 9. The van der Waals surface area contributed by atoms with Gasteiger partial charge in [0.25, 0.3) is 0 Å². The van der Waals surface area contributed by atoms with Crippen LogP contribution in [0.25, 0.3) is 114 Å². The van der Waals surface area contributed by atoms with Gasteiger partial charge in [0.1, 0.15) is 0 Å². The maximum absolute atomic E-state index is 15.3. The van der Waals surface area contributed by atoms with E-state index >= 15 is 13.2 Å². The number of nitriles is 4. The minimum Gasteiger partial charge on any atom is -0.309 e. The predicted molar refractivity (Wildman–Crippen MR) is 284 cm³/mol. The van der Waals surface area contributed by atoms with Crippen LogP contribution in [0.3, 0.4) is 0 Å². The van der Waals surface area contributed by atoms with Gasteiger partial charge in [-0.05, 0) is 131 Å². The zero-order valence-electron chi connectivity index (χ0n) is 39.2. The van der Waals surface area contributed by atoms with Crippen LogP contribution in [-0.2, 0) is 6.18 Å². The summed E-state index contributed by atoms with van der Waals surface area (Å²) < 4.78 is 49.9. The molecule has 0 amide bonds. The molecule has 0 fully saturated rings. The van der Waals surface area contributed by atoms with Crippen molar-refractivity contribution in [2.75, 3.05) is 0 Å². The second kappa shape index (κ2) is 17.9. The zero-order valence-corrected chi connectivity index (χ0v) is 39.2. The van der Waals surface area contributed by atoms with E-state index in [1.807, 2.05) is 100 Å². The van der Waals surface area contributed by atoms with Crippen molar-refractivity contribution in [3.8, 4) is 80.2 Å². The van der Waals surface area contributed by atoms with E-state index in [1.165, 1.54) is 30.3 Å². The van der Waals surface area contributed by atoms with Crippen LogP contribution in [0, 0.1) is 72.0 Å². The number of aromatic nitrogens is 2. The minimum absolute atomic E-state index is 0.0296. The molecule has 0 radical (unpaired) electrons. The van der Waals surface area contributed by atoms with E-state index in [0.717, 1.165) is 44.2 Å². The number of aryl methyl sites for hydroxylation is 1. The summed E-state index contributed by atoms with van der Waals surface area (Å²) in [7, 11) is 0. The van der Waals surface area contributed by atoms with Crippen molar-refractivity contribution >= 4 is 60.7 Å². The van der Waals surface area contributed by atoms with Crippen molar-refractivity contribution in [2.45, 2.75) is 13.1 Å². The molecule has 2 aromatic heterocycles. The number of para-hydroxylation sites is 2. The van der Waals surface area contributed by atoms with Crippen molar-refractivity contribution in [3.63, 3.8) is 0 Å². The highest BCUT2D eigenvalue weighted by atomic mass is 19.4. The molecule has 0 N–H and O–H groups in total. The van der Waals surface area contributed by atoms with Gasteiger partial charge in [0.2, 0.25) is 0 Å². The Bertz CT molecular complexity index is 4570. The number of halogens is 3. The summed E-state index contributed by atoms with van der Waals surface area (Å²) in [6.45, 7) is 25.1. The molecule has 11 rings (SSSR count). The Kier molecular flexibility index (Phi) is 11.0. The van der Waals surface area contributed by atoms with Crippen LogP contribution in [0.15, 0.2) is 164 Å². The first-order chi connectivity index (χ1) is 36.4. The molecular formula is C63H30F3N9. The molecule has 0 saturated carbocycles. The van der Waals surface area contributed by atoms with Crippen LogP contribution in [0.5, 0.6) is 0 Å². The van der Waals surface area contributed by atoms with Gasteiger partial charge in [-0.25, -0.2) is 14.5 Å². The van der Waals surface area contributed by atoms with E-state index in [1.54, 1.807) is 49.4 Å². The van der Waals surface area contributed by atoms with Crippen LogP contribution >= 0.6 is 0 Å². The molecule has 75 heavy (non-hydrogen) atoms. The summed E-state index contributed by atoms with van der Waals surface area (Å²) in [5.74, 6) is 0. The lowest BCUT2D eigenvalue weighted by atomic mass is 9.87. The number of alkyl halides is 3. The average Bonchev–Trinajstić information content (AvgIpc) is 3.97. The summed E-state index contributed by atoms with van der Waals surface area (Å²) in [4.78, 5) is 10.8. The van der Waals surface area contributed by atoms with Gasteiger partial charge in [-0.1, -0.05) is 72.8 Å². The third-order valence-electron chi connectivity index (χ3n) is 13.6. The Balaban J connectivity index is 1.21. The van der Waals surface area contributed by atoms with Crippen molar-refractivity contribution in [2.24, 2.45) is 0 Å². The molecule has 348 valence electrons. The van der Waals surface area contributed by atoms with E-state index in [-0.39, 0.29) is 50.4 Å². The summed E-state index contributed by atoms with van der Waals surface area (Å²) in [6, 6.07) is 55.5. The molecule has 0 aliphatic carbocycles. The van der Waals surface area contributed by atoms with Gasteiger partial charge in [-0.15, -0.1) is 0 Å². The maximum atomic E-state index is 15.3. The summed E-state index contributed by atoms with van der Waals surface area (Å²) >= 11 is 0. The molecule has 0 unspecified atom stereocenters. The van der Waals surface area contributed by atoms with E-state index in [0.29, 0.717) is 55.8 Å². The third kappa shape index (κ3) is 7.43. The van der Waals surface area contributed by atoms with Crippen molar-refractivity contribution < 1.29 is 13.2 Å². The number of hydrogen-bond donors (Lipinski definition) is 0. The molecule has 0 saturated heterocycles. The minimum atomic E-state index is -4.74. The van der Waals surface area contributed by atoms with Gasteiger partial charge in [0.15, 0.2) is 17.1 Å². The zero-order chi connectivity index (χ0) is 52.3. The topological polar surface area (TPSA) is 118 Å². The van der Waals surface area contributed by atoms with Crippen molar-refractivity contribution in [1.82, 2.24) is 9.13 Å². The molecular weight excluding hydrogens is 940 g/mol. The SMILES string of the molecule is [C-]#[N+]c1cc(C#N)c(-c2ccc3c(c2)c2ccccc2n3-c2ccc(-c3c(C)cccc3C(F)(F)F)c(-c3cc(C#N)ccc3-n3c4ccccc4c4cc(-c5c(C#N)cc(C#N)cc5[N+]#[C-])ccc43)c2)c([N+]#[C-])c1. The van der Waals surface area contributed by atoms with Gasteiger partial charge < -0.3 is 9.13 Å². The lowest BCUT2D eigenvalue weighted by Gasteiger charge is -2.22. The fourth-order valence-corrected chi connectivity index (χ4v) is 10.5. The van der Waals surface area contributed by atoms with Crippen LogP contribution in [0.2, 0.25) is 0 Å². The lowest BCUT2D eigenvalue weighted by Crippen LogP contribution is -2.09. The standard InChI is InChI=1S/C63H30F3N9/c1-36-10-9-13-52(63(64,65)66)60(36)47-20-19-44(74-55-14-7-5-11-45(55)50-28-40(17-22-57(50)74)62-42(35-70)27-43(71-2)30-54(62)73-4)31-48(47)49-25-37(32-67)16-21-58(49)75-56-15-8-6-12-46(56)51-29-39(18-23-59(51)75)61-41(34-69)24-38(33-68)26-53(61)72-3/h5-31H,1H3. The van der Waals surface area contributed by atoms with Gasteiger partial charge in [-0.2, -0.15) is 34.2 Å². The third-order valence-corrected chi connectivity index (χ3v) is 13.6. The molecule has 0 aliphatic heterocycles. The Hall–Kier alpha value is -11.2. The Labute approximate surface area is 426 Å². The molecule has 11 aromatic rings. The first-order valence-corrected chi connectivity index (χ1v) is 23.1. The molecule has 9 nitrogen and oxygen atoms in total. The van der Waals surface area contributed by atoms with E-state index in [2.05, 4.69) is 32.7 Å². The highest BCUT2D eigenvalue weighted by Crippen LogP contribution is 2.48. The molecule has 0 atom stereocenters. The van der Waals surface area contributed by atoms with E-state index in [4.69, 9.17) is 19.7 Å². The first kappa shape index (κ1) is 46.2. The molecule has 0 spiro atoms. The predicted octanol–water partition coefficient (Wildman–Crippen LogP) is 17.0. The fraction of sp³-hybridized carbons (Fsp3) is 0.0317. The Morgan fingerprint density at radius 1 is 0.453 bits per heavy atom. The van der Waals surface area contributed by atoms with E-state index < -0.39 is 11.7 Å². The fourth-order valence-electron chi connectivity index (χ4n) is 10.5. The second-order valence-electron chi connectivity index (χ2n) is 17.7. The van der Waals surface area contributed by atoms with Gasteiger partial charge in [0.05, 0.1) is 88.4 Å². The number of hydrogen-bond acceptors (Lipinski definition) is 4. The second-order valence-corrected chi connectivity index (χ2v) is 17.7. The van der Waals surface area contributed by atoms with Crippen molar-refractivity contribution in [3.05, 3.63) is 231 Å². The van der Waals surface area contributed by atoms with E-state index in [9.17, 15) is 21.0 Å². The highest BCUT2D eigenvalue weighted by Gasteiger charge is 2.35. The molecule has 0 aliphatic rings. The quantitative estimate of drug-likeness (QED) is 0.154. The largest absolute Gasteiger partial charge is 0.417 e. The summed E-state index contributed by atoms with van der Waals surface area (Å²) in [6.07, 6.45) is -4.74.